The summed E-state index contributed by atoms with van der Waals surface area (Å²) in [5.41, 5.74) is 0.941. The molecule has 1 aliphatic rings. The van der Waals surface area contributed by atoms with Gasteiger partial charge in [0.1, 0.15) is 5.69 Å². The molecule has 2 amide bonds. The molecule has 2 heterocycles. The lowest BCUT2D eigenvalue weighted by atomic mass is 10.1. The Bertz CT molecular complexity index is 628. The van der Waals surface area contributed by atoms with Gasteiger partial charge >= 0.3 is 0 Å². The van der Waals surface area contributed by atoms with Crippen molar-refractivity contribution in [2.45, 2.75) is 58.5 Å². The first-order valence-electron chi connectivity index (χ1n) is 9.04. The van der Waals surface area contributed by atoms with Crippen LogP contribution in [0.1, 0.15) is 66.8 Å². The molecule has 2 N–H and O–H groups in total. The topological polar surface area (TPSA) is 79.3 Å². The van der Waals surface area contributed by atoms with Crippen LogP contribution in [0.3, 0.4) is 0 Å². The van der Waals surface area contributed by atoms with E-state index in [4.69, 9.17) is 0 Å². The first-order chi connectivity index (χ1) is 11.7. The maximum atomic E-state index is 12.6. The lowest BCUT2D eigenvalue weighted by molar-refractivity contribution is 0.0913. The number of amides is 2. The fraction of sp³-hybridized carbons (Fsp3) is 0.722. The Labute approximate surface area is 150 Å². The van der Waals surface area contributed by atoms with Crippen molar-refractivity contribution in [3.63, 3.8) is 0 Å². The van der Waals surface area contributed by atoms with Gasteiger partial charge in [0.25, 0.3) is 11.8 Å². The molecule has 0 aromatic carbocycles. The van der Waals surface area contributed by atoms with Crippen LogP contribution >= 0.6 is 0 Å². The molecule has 0 radical (unpaired) electrons. The number of carbonyl (C=O) groups is 2. The van der Waals surface area contributed by atoms with Gasteiger partial charge in [-0.25, -0.2) is 4.98 Å². The van der Waals surface area contributed by atoms with Crippen LogP contribution in [0.15, 0.2) is 0 Å². The third-order valence-electron chi connectivity index (χ3n) is 4.09. The second-order valence-corrected chi connectivity index (χ2v) is 7.96. The van der Waals surface area contributed by atoms with Gasteiger partial charge in [0.15, 0.2) is 5.82 Å². The maximum Gasteiger partial charge on any atom is 0.287 e. The first-order valence-corrected chi connectivity index (χ1v) is 9.04. The zero-order valence-corrected chi connectivity index (χ0v) is 16.1. The van der Waals surface area contributed by atoms with E-state index in [1.54, 1.807) is 0 Å². The van der Waals surface area contributed by atoms with Crippen LogP contribution < -0.4 is 10.6 Å². The van der Waals surface area contributed by atoms with Gasteiger partial charge in [-0.05, 0) is 67.1 Å². The predicted molar refractivity (Wildman–Crippen MR) is 97.9 cm³/mol. The Kier molecular flexibility index (Phi) is 6.21. The van der Waals surface area contributed by atoms with Crippen molar-refractivity contribution >= 4 is 11.8 Å². The van der Waals surface area contributed by atoms with E-state index in [1.807, 2.05) is 39.4 Å². The molecule has 7 nitrogen and oxygen atoms in total. The number of aromatic nitrogens is 2. The summed E-state index contributed by atoms with van der Waals surface area (Å²) in [7, 11) is 4.01. The van der Waals surface area contributed by atoms with Crippen molar-refractivity contribution in [1.29, 1.82) is 0 Å². The molecular weight excluding hydrogens is 318 g/mol. The summed E-state index contributed by atoms with van der Waals surface area (Å²) in [5, 5.41) is 5.87. The van der Waals surface area contributed by atoms with Crippen LogP contribution in [0.25, 0.3) is 0 Å². The molecule has 7 heteroatoms. The van der Waals surface area contributed by atoms with Crippen molar-refractivity contribution in [3.05, 3.63) is 17.2 Å². The fourth-order valence-electron chi connectivity index (χ4n) is 2.97. The Hall–Kier alpha value is -1.89. The number of nitrogens with one attached hydrogen (secondary N) is 2. The molecule has 1 aromatic rings. The quantitative estimate of drug-likeness (QED) is 0.762. The molecule has 0 fully saturated rings. The van der Waals surface area contributed by atoms with Gasteiger partial charge in [-0.1, -0.05) is 0 Å². The Balaban J connectivity index is 2.15. The van der Waals surface area contributed by atoms with Crippen molar-refractivity contribution in [1.82, 2.24) is 25.1 Å². The van der Waals surface area contributed by atoms with E-state index in [2.05, 4.69) is 20.5 Å². The van der Waals surface area contributed by atoms with Crippen molar-refractivity contribution < 1.29 is 9.59 Å². The average Bonchev–Trinajstić information content (AvgIpc) is 2.89. The molecule has 0 spiro atoms. The second-order valence-electron chi connectivity index (χ2n) is 7.96. The molecule has 2 rings (SSSR count). The number of nitrogens with zero attached hydrogens (tertiary/aromatic N) is 3. The second kappa shape index (κ2) is 7.99. The lowest BCUT2D eigenvalue weighted by Crippen LogP contribution is -2.41. The summed E-state index contributed by atoms with van der Waals surface area (Å²) >= 11 is 0. The summed E-state index contributed by atoms with van der Waals surface area (Å²) in [4.78, 5) is 31.6. The zero-order chi connectivity index (χ0) is 18.6. The normalized spacial score (nSPS) is 14.3. The van der Waals surface area contributed by atoms with Crippen molar-refractivity contribution in [2.24, 2.45) is 0 Å². The smallest absolute Gasteiger partial charge is 0.287 e. The molecule has 0 saturated carbocycles. The summed E-state index contributed by atoms with van der Waals surface area (Å²) < 4.78 is 1.92. The van der Waals surface area contributed by atoms with E-state index in [0.29, 0.717) is 18.1 Å². The van der Waals surface area contributed by atoms with E-state index >= 15 is 0 Å². The minimum absolute atomic E-state index is 0.197. The molecular formula is C18H31N5O2. The predicted octanol–water partition coefficient (Wildman–Crippen LogP) is 1.43. The number of hydrogen-bond acceptors (Lipinski definition) is 4. The molecule has 25 heavy (non-hydrogen) atoms. The van der Waals surface area contributed by atoms with Gasteiger partial charge in [0.2, 0.25) is 0 Å². The largest absolute Gasteiger partial charge is 0.349 e. The van der Waals surface area contributed by atoms with Crippen LogP contribution in [-0.2, 0) is 13.0 Å². The lowest BCUT2D eigenvalue weighted by Gasteiger charge is -2.21. The minimum Gasteiger partial charge on any atom is -0.349 e. The monoisotopic (exact) mass is 349 g/mol. The van der Waals surface area contributed by atoms with E-state index in [-0.39, 0.29) is 17.4 Å². The molecule has 0 atom stereocenters. The average molecular weight is 349 g/mol. The van der Waals surface area contributed by atoms with E-state index in [9.17, 15) is 9.59 Å². The summed E-state index contributed by atoms with van der Waals surface area (Å²) in [5.74, 6) is -0.0415. The van der Waals surface area contributed by atoms with Gasteiger partial charge in [-0.2, -0.15) is 0 Å². The molecule has 1 aliphatic heterocycles. The first kappa shape index (κ1) is 19.4. The molecule has 140 valence electrons. The highest BCUT2D eigenvalue weighted by Crippen LogP contribution is 2.21. The fourth-order valence-corrected chi connectivity index (χ4v) is 2.97. The molecule has 0 bridgehead atoms. The number of carbonyl (C=O) groups excluding carboxylic acids is 2. The van der Waals surface area contributed by atoms with Crippen LogP contribution in [0, 0.1) is 0 Å². The summed E-state index contributed by atoms with van der Waals surface area (Å²) in [6.07, 6.45) is 3.69. The molecule has 1 aromatic heterocycles. The maximum absolute atomic E-state index is 12.6. The minimum atomic E-state index is -0.336. The van der Waals surface area contributed by atoms with Crippen LogP contribution in [-0.4, -0.2) is 59.0 Å². The van der Waals surface area contributed by atoms with Gasteiger partial charge in [-0.15, -0.1) is 0 Å². The third-order valence-corrected chi connectivity index (χ3v) is 4.09. The summed E-state index contributed by atoms with van der Waals surface area (Å²) in [6.45, 7) is 8.07. The highest BCUT2D eigenvalue weighted by Gasteiger charge is 2.28. The van der Waals surface area contributed by atoms with Crippen molar-refractivity contribution in [2.75, 3.05) is 27.2 Å². The highest BCUT2D eigenvalue weighted by atomic mass is 16.2. The van der Waals surface area contributed by atoms with Crippen LogP contribution in [0.2, 0.25) is 0 Å². The van der Waals surface area contributed by atoms with E-state index in [0.717, 1.165) is 44.5 Å². The molecule has 0 aliphatic carbocycles. The summed E-state index contributed by atoms with van der Waals surface area (Å²) in [6, 6.07) is 0. The zero-order valence-electron chi connectivity index (χ0n) is 16.1. The number of hydrogen-bond donors (Lipinski definition) is 2. The Morgan fingerprint density at radius 1 is 1.20 bits per heavy atom. The third kappa shape index (κ3) is 5.29. The van der Waals surface area contributed by atoms with Gasteiger partial charge in [0, 0.05) is 18.6 Å². The number of imidazole rings is 1. The Morgan fingerprint density at radius 2 is 1.92 bits per heavy atom. The van der Waals surface area contributed by atoms with Gasteiger partial charge in [-0.3, -0.25) is 9.59 Å². The SMILES string of the molecule is CN(C)CCCNC(=O)c1nc(C(=O)NC(C)(C)C)c2n1CCCC2. The van der Waals surface area contributed by atoms with E-state index < -0.39 is 0 Å². The highest BCUT2D eigenvalue weighted by molar-refractivity contribution is 5.97. The van der Waals surface area contributed by atoms with Gasteiger partial charge in [0.05, 0.1) is 5.69 Å². The molecule has 0 unspecified atom stereocenters. The van der Waals surface area contributed by atoms with Crippen molar-refractivity contribution in [3.8, 4) is 0 Å². The molecule has 0 saturated heterocycles. The van der Waals surface area contributed by atoms with Crippen LogP contribution in [0.4, 0.5) is 0 Å². The number of fused-ring (bicyclic) bond motifs is 1. The van der Waals surface area contributed by atoms with Crippen LogP contribution in [0.5, 0.6) is 0 Å². The Morgan fingerprint density at radius 3 is 2.56 bits per heavy atom. The standard InChI is InChI=1S/C18H31N5O2/c1-18(2,3)21-16(24)14-13-9-6-7-12-23(13)15(20-14)17(25)19-10-8-11-22(4)5/h6-12H2,1-5H3,(H,19,25)(H,21,24). The number of rotatable bonds is 6. The van der Waals surface area contributed by atoms with Gasteiger partial charge < -0.3 is 20.1 Å². The van der Waals surface area contributed by atoms with E-state index in [1.165, 1.54) is 0 Å².